The zero-order valence-electron chi connectivity index (χ0n) is 12.2. The van der Waals surface area contributed by atoms with Crippen LogP contribution in [0.2, 0.25) is 0 Å². The second kappa shape index (κ2) is 7.65. The quantitative estimate of drug-likeness (QED) is 0.790. The average Bonchev–Trinajstić information content (AvgIpc) is 2.36. The number of carbonyl (C=O) groups is 2. The van der Waals surface area contributed by atoms with Gasteiger partial charge in [-0.3, -0.25) is 9.69 Å². The van der Waals surface area contributed by atoms with E-state index in [9.17, 15) is 9.59 Å². The van der Waals surface area contributed by atoms with Crippen molar-refractivity contribution in [2.75, 3.05) is 13.6 Å². The molecule has 0 spiro atoms. The van der Waals surface area contributed by atoms with Gasteiger partial charge in [0.05, 0.1) is 6.54 Å². The third-order valence-corrected chi connectivity index (χ3v) is 2.96. The summed E-state index contributed by atoms with van der Waals surface area (Å²) in [5.74, 6) is -1.42. The molecule has 110 valence electrons. The standard InChI is InChI=1S/C15H22N2O3/c1-11(2)14(15(19)20)16-13(18)10-17(3)9-12-7-5-4-6-8-12/h4-8,11,14H,9-10H2,1-3H3,(H,16,18)(H,19,20). The second-order valence-electron chi connectivity index (χ2n) is 5.29. The minimum Gasteiger partial charge on any atom is -0.480 e. The van der Waals surface area contributed by atoms with Gasteiger partial charge in [0, 0.05) is 6.54 Å². The molecule has 0 saturated heterocycles. The Hall–Kier alpha value is -1.88. The van der Waals surface area contributed by atoms with Crippen molar-refractivity contribution in [3.8, 4) is 0 Å². The van der Waals surface area contributed by atoms with Crippen molar-refractivity contribution in [3.05, 3.63) is 35.9 Å². The fourth-order valence-electron chi connectivity index (χ4n) is 1.93. The highest BCUT2D eigenvalue weighted by molar-refractivity contribution is 5.84. The topological polar surface area (TPSA) is 69.6 Å². The summed E-state index contributed by atoms with van der Waals surface area (Å²) in [4.78, 5) is 24.7. The molecule has 0 heterocycles. The van der Waals surface area contributed by atoms with Gasteiger partial charge in [-0.05, 0) is 18.5 Å². The second-order valence-corrected chi connectivity index (χ2v) is 5.29. The summed E-state index contributed by atoms with van der Waals surface area (Å²) in [6, 6.07) is 8.97. The number of hydrogen-bond acceptors (Lipinski definition) is 3. The summed E-state index contributed by atoms with van der Waals surface area (Å²) in [5, 5.41) is 11.6. The van der Waals surface area contributed by atoms with E-state index >= 15 is 0 Å². The predicted octanol–water partition coefficient (Wildman–Crippen LogP) is 1.34. The Kier molecular flexibility index (Phi) is 6.18. The first-order valence-corrected chi connectivity index (χ1v) is 6.64. The van der Waals surface area contributed by atoms with E-state index in [0.29, 0.717) is 6.54 Å². The number of benzene rings is 1. The van der Waals surface area contributed by atoms with E-state index in [1.165, 1.54) is 0 Å². The first kappa shape index (κ1) is 16.2. The summed E-state index contributed by atoms with van der Waals surface area (Å²) in [6.45, 7) is 4.36. The molecule has 1 amide bonds. The number of carboxylic acids is 1. The van der Waals surface area contributed by atoms with Crippen LogP contribution < -0.4 is 5.32 Å². The van der Waals surface area contributed by atoms with E-state index < -0.39 is 12.0 Å². The van der Waals surface area contributed by atoms with Gasteiger partial charge in [-0.15, -0.1) is 0 Å². The van der Waals surface area contributed by atoms with Crippen LogP contribution in [-0.4, -0.2) is 41.5 Å². The molecule has 2 N–H and O–H groups in total. The van der Waals surface area contributed by atoms with Crippen molar-refractivity contribution in [3.63, 3.8) is 0 Å². The van der Waals surface area contributed by atoms with Crippen LogP contribution in [0, 0.1) is 5.92 Å². The number of nitrogens with zero attached hydrogens (tertiary/aromatic N) is 1. The van der Waals surface area contributed by atoms with E-state index in [1.807, 2.05) is 42.3 Å². The lowest BCUT2D eigenvalue weighted by Gasteiger charge is -2.21. The third-order valence-electron chi connectivity index (χ3n) is 2.96. The van der Waals surface area contributed by atoms with Crippen molar-refractivity contribution in [1.82, 2.24) is 10.2 Å². The molecule has 20 heavy (non-hydrogen) atoms. The zero-order chi connectivity index (χ0) is 15.1. The van der Waals surface area contributed by atoms with E-state index in [-0.39, 0.29) is 18.4 Å². The highest BCUT2D eigenvalue weighted by Crippen LogP contribution is 2.04. The van der Waals surface area contributed by atoms with Crippen molar-refractivity contribution in [2.24, 2.45) is 5.92 Å². The highest BCUT2D eigenvalue weighted by Gasteiger charge is 2.23. The van der Waals surface area contributed by atoms with Gasteiger partial charge in [0.2, 0.25) is 5.91 Å². The van der Waals surface area contributed by atoms with Crippen molar-refractivity contribution in [1.29, 1.82) is 0 Å². The number of likely N-dealkylation sites (N-methyl/N-ethyl adjacent to an activating group) is 1. The SMILES string of the molecule is CC(C)C(NC(=O)CN(C)Cc1ccccc1)C(=O)O. The minimum atomic E-state index is -1.00. The van der Waals surface area contributed by atoms with E-state index in [0.717, 1.165) is 5.56 Å². The minimum absolute atomic E-state index is 0.143. The Balaban J connectivity index is 2.47. The maximum Gasteiger partial charge on any atom is 0.326 e. The number of hydrogen-bond donors (Lipinski definition) is 2. The lowest BCUT2D eigenvalue weighted by Crippen LogP contribution is -2.47. The molecule has 0 aliphatic carbocycles. The first-order valence-electron chi connectivity index (χ1n) is 6.64. The Morgan fingerprint density at radius 1 is 1.25 bits per heavy atom. The van der Waals surface area contributed by atoms with Gasteiger partial charge in [-0.25, -0.2) is 4.79 Å². The average molecular weight is 278 g/mol. The molecular weight excluding hydrogens is 256 g/mol. The summed E-state index contributed by atoms with van der Waals surface area (Å²) in [7, 11) is 1.83. The van der Waals surface area contributed by atoms with Crippen LogP contribution in [0.5, 0.6) is 0 Å². The molecule has 1 aromatic rings. The van der Waals surface area contributed by atoms with Crippen molar-refractivity contribution >= 4 is 11.9 Å². The van der Waals surface area contributed by atoms with Crippen LogP contribution in [0.15, 0.2) is 30.3 Å². The molecule has 0 aliphatic heterocycles. The van der Waals surface area contributed by atoms with Gasteiger partial charge >= 0.3 is 5.97 Å². The molecular formula is C15H22N2O3. The van der Waals surface area contributed by atoms with E-state index in [4.69, 9.17) is 5.11 Å². The summed E-state index contributed by atoms with van der Waals surface area (Å²) >= 11 is 0. The number of rotatable bonds is 7. The molecule has 0 saturated carbocycles. The van der Waals surface area contributed by atoms with E-state index in [1.54, 1.807) is 13.8 Å². The molecule has 0 bridgehead atoms. The van der Waals surface area contributed by atoms with Crippen LogP contribution in [0.4, 0.5) is 0 Å². The molecule has 5 heteroatoms. The summed E-state index contributed by atoms with van der Waals surface area (Å²) in [5.41, 5.74) is 1.11. The number of aliphatic carboxylic acids is 1. The Bertz CT molecular complexity index is 446. The third kappa shape index (κ3) is 5.40. The van der Waals surface area contributed by atoms with E-state index in [2.05, 4.69) is 5.32 Å². The van der Waals surface area contributed by atoms with Crippen LogP contribution >= 0.6 is 0 Å². The lowest BCUT2D eigenvalue weighted by molar-refractivity contribution is -0.143. The predicted molar refractivity (Wildman–Crippen MR) is 77.2 cm³/mol. The largest absolute Gasteiger partial charge is 0.480 e. The van der Waals surface area contributed by atoms with Crippen LogP contribution in [0.1, 0.15) is 19.4 Å². The number of carbonyl (C=O) groups excluding carboxylic acids is 1. The van der Waals surface area contributed by atoms with Crippen molar-refractivity contribution in [2.45, 2.75) is 26.4 Å². The van der Waals surface area contributed by atoms with Crippen LogP contribution in [0.3, 0.4) is 0 Å². The Morgan fingerprint density at radius 3 is 2.35 bits per heavy atom. The smallest absolute Gasteiger partial charge is 0.326 e. The van der Waals surface area contributed by atoms with Gasteiger partial charge in [0.15, 0.2) is 0 Å². The normalized spacial score (nSPS) is 12.4. The van der Waals surface area contributed by atoms with Crippen LogP contribution in [0.25, 0.3) is 0 Å². The number of nitrogens with one attached hydrogen (secondary N) is 1. The van der Waals surface area contributed by atoms with Crippen molar-refractivity contribution < 1.29 is 14.7 Å². The first-order chi connectivity index (χ1) is 9.40. The Labute approximate surface area is 119 Å². The van der Waals surface area contributed by atoms with Gasteiger partial charge in [-0.1, -0.05) is 44.2 Å². The fourth-order valence-corrected chi connectivity index (χ4v) is 1.93. The molecule has 1 atom stereocenters. The summed E-state index contributed by atoms with van der Waals surface area (Å²) in [6.07, 6.45) is 0. The maximum atomic E-state index is 11.8. The number of amides is 1. The maximum absolute atomic E-state index is 11.8. The Morgan fingerprint density at radius 2 is 1.85 bits per heavy atom. The molecule has 0 aromatic heterocycles. The van der Waals surface area contributed by atoms with Gasteiger partial charge in [0.25, 0.3) is 0 Å². The molecule has 0 fully saturated rings. The zero-order valence-corrected chi connectivity index (χ0v) is 12.2. The molecule has 1 aromatic carbocycles. The molecule has 5 nitrogen and oxygen atoms in total. The lowest BCUT2D eigenvalue weighted by atomic mass is 10.0. The molecule has 0 aliphatic rings. The molecule has 1 unspecified atom stereocenters. The highest BCUT2D eigenvalue weighted by atomic mass is 16.4. The molecule has 1 rings (SSSR count). The fraction of sp³-hybridized carbons (Fsp3) is 0.467. The van der Waals surface area contributed by atoms with Crippen LogP contribution in [-0.2, 0) is 16.1 Å². The molecule has 0 radical (unpaired) electrons. The summed E-state index contributed by atoms with van der Waals surface area (Å²) < 4.78 is 0. The van der Waals surface area contributed by atoms with Gasteiger partial charge < -0.3 is 10.4 Å². The van der Waals surface area contributed by atoms with Gasteiger partial charge in [-0.2, -0.15) is 0 Å². The van der Waals surface area contributed by atoms with Gasteiger partial charge in [0.1, 0.15) is 6.04 Å². The monoisotopic (exact) mass is 278 g/mol. The number of carboxylic acid groups (broad SMARTS) is 1.